The quantitative estimate of drug-likeness (QED) is 0.0974. The minimum atomic E-state index is -1.50. The van der Waals surface area contributed by atoms with Gasteiger partial charge in [-0.3, -0.25) is 14.5 Å². The number of nitrogens with zero attached hydrogens (tertiary/aromatic N) is 3. The molecule has 57 heavy (non-hydrogen) atoms. The van der Waals surface area contributed by atoms with Crippen LogP contribution in [0.15, 0.2) is 103 Å². The molecule has 0 bridgehead atoms. The molecule has 2 unspecified atom stereocenters. The summed E-state index contributed by atoms with van der Waals surface area (Å²) in [6.07, 6.45) is -2.95. The maximum absolute atomic E-state index is 15.1. The van der Waals surface area contributed by atoms with Crippen LogP contribution in [0.2, 0.25) is 5.02 Å². The molecule has 0 heterocycles. The number of anilines is 1. The highest BCUT2D eigenvalue weighted by atomic mass is 35.5. The number of carbonyl (C=O) groups is 4. The number of benzene rings is 4. The summed E-state index contributed by atoms with van der Waals surface area (Å²) in [5.41, 5.74) is 4.90. The first-order valence-corrected chi connectivity index (χ1v) is 19.6. The van der Waals surface area contributed by atoms with E-state index in [-0.39, 0.29) is 37.3 Å². The molecule has 4 amide bonds. The monoisotopic (exact) mass is 798 g/mol. The molecule has 2 atom stereocenters. The molecule has 0 spiro atoms. The summed E-state index contributed by atoms with van der Waals surface area (Å²) in [6.45, 7) is 9.18. The van der Waals surface area contributed by atoms with Crippen LogP contribution in [0.4, 0.5) is 15.3 Å². The average molecular weight is 799 g/mol. The fourth-order valence-corrected chi connectivity index (χ4v) is 7.33. The lowest BCUT2D eigenvalue weighted by atomic mass is 9.96. The van der Waals surface area contributed by atoms with E-state index >= 15 is 4.79 Å². The normalized spacial score (nSPS) is 13.1. The molecule has 12 nitrogen and oxygen atoms in total. The SMILES string of the molecule is CCOC(CN(C(=O)C(C)N(C(=O)C(CN(CC1c2ccccc2-c2ccccc21)C(=O)O)NC(=O)OCc1ccccc1)c1cccc(Cl)c1)C(C)C)OCC. The number of halogens is 1. The standard InChI is InChI=1S/C44H51ClN4O8/c1-6-55-40(56-7-2)27-48(29(3)4)41(50)30(5)49(33-19-15-18-32(45)24-33)42(51)39(46-43(52)57-28-31-16-9-8-10-17-31)26-47(44(53)54)25-38-36-22-13-11-20-34(36)35-21-12-14-23-37(35)38/h8-24,29-30,38-40H,6-7,25-28H2,1-5H3,(H,46,52)(H,53,54). The molecule has 4 aromatic carbocycles. The van der Waals surface area contributed by atoms with Gasteiger partial charge in [-0.2, -0.15) is 0 Å². The second-order valence-corrected chi connectivity index (χ2v) is 14.4. The van der Waals surface area contributed by atoms with E-state index < -0.39 is 48.9 Å². The molecule has 0 saturated carbocycles. The molecule has 1 aliphatic rings. The summed E-state index contributed by atoms with van der Waals surface area (Å²) in [4.78, 5) is 60.2. The van der Waals surface area contributed by atoms with Crippen molar-refractivity contribution in [2.45, 2.75) is 71.6 Å². The molecule has 0 saturated heterocycles. The number of amides is 4. The highest BCUT2D eigenvalue weighted by Gasteiger charge is 2.39. The number of ether oxygens (including phenoxy) is 3. The van der Waals surface area contributed by atoms with Gasteiger partial charge in [0.15, 0.2) is 6.29 Å². The van der Waals surface area contributed by atoms with Crippen molar-refractivity contribution in [1.82, 2.24) is 15.1 Å². The molecular weight excluding hydrogens is 748 g/mol. The Morgan fingerprint density at radius 2 is 1.37 bits per heavy atom. The maximum Gasteiger partial charge on any atom is 0.408 e. The van der Waals surface area contributed by atoms with Gasteiger partial charge in [-0.05, 0) is 80.6 Å². The van der Waals surface area contributed by atoms with Crippen LogP contribution in [0, 0.1) is 0 Å². The Morgan fingerprint density at radius 1 is 0.772 bits per heavy atom. The van der Waals surface area contributed by atoms with Crippen LogP contribution in [-0.2, 0) is 30.4 Å². The summed E-state index contributed by atoms with van der Waals surface area (Å²) >= 11 is 6.45. The van der Waals surface area contributed by atoms with Gasteiger partial charge in [0, 0.05) is 42.4 Å². The Kier molecular flexibility index (Phi) is 15.1. The van der Waals surface area contributed by atoms with E-state index in [1.807, 2.05) is 82.3 Å². The van der Waals surface area contributed by atoms with Crippen LogP contribution >= 0.6 is 11.6 Å². The number of fused-ring (bicyclic) bond motifs is 3. The van der Waals surface area contributed by atoms with Crippen molar-refractivity contribution in [1.29, 1.82) is 0 Å². The second-order valence-electron chi connectivity index (χ2n) is 14.0. The van der Waals surface area contributed by atoms with E-state index in [4.69, 9.17) is 25.8 Å². The Balaban J connectivity index is 1.51. The Bertz CT molecular complexity index is 1940. The van der Waals surface area contributed by atoms with Crippen molar-refractivity contribution in [2.75, 3.05) is 37.7 Å². The largest absolute Gasteiger partial charge is 0.465 e. The highest BCUT2D eigenvalue weighted by molar-refractivity contribution is 6.31. The van der Waals surface area contributed by atoms with Crippen molar-refractivity contribution in [3.05, 3.63) is 125 Å². The molecule has 4 aromatic rings. The maximum atomic E-state index is 15.1. The molecule has 13 heteroatoms. The van der Waals surface area contributed by atoms with Gasteiger partial charge in [0.25, 0.3) is 5.91 Å². The van der Waals surface area contributed by atoms with Gasteiger partial charge in [0.05, 0.1) is 13.1 Å². The number of rotatable bonds is 18. The minimum absolute atomic E-state index is 0.0170. The van der Waals surface area contributed by atoms with E-state index in [2.05, 4.69) is 5.32 Å². The third kappa shape index (κ3) is 10.7. The zero-order chi connectivity index (χ0) is 41.1. The first-order chi connectivity index (χ1) is 27.4. The van der Waals surface area contributed by atoms with Crippen LogP contribution in [0.3, 0.4) is 0 Å². The molecule has 0 aliphatic heterocycles. The smallest absolute Gasteiger partial charge is 0.408 e. The van der Waals surface area contributed by atoms with Gasteiger partial charge < -0.3 is 34.4 Å². The molecule has 5 rings (SSSR count). The molecular formula is C44H51ClN4O8. The fraction of sp³-hybridized carbons (Fsp3) is 0.364. The van der Waals surface area contributed by atoms with Crippen molar-refractivity contribution < 1.29 is 38.5 Å². The van der Waals surface area contributed by atoms with Crippen LogP contribution < -0.4 is 10.2 Å². The summed E-state index contributed by atoms with van der Waals surface area (Å²) in [5, 5.41) is 13.7. The highest BCUT2D eigenvalue weighted by Crippen LogP contribution is 2.44. The summed E-state index contributed by atoms with van der Waals surface area (Å²) in [5.74, 6) is -1.52. The van der Waals surface area contributed by atoms with Crippen molar-refractivity contribution in [3.63, 3.8) is 0 Å². The Labute approximate surface area is 339 Å². The molecule has 0 radical (unpaired) electrons. The topological polar surface area (TPSA) is 138 Å². The summed E-state index contributed by atoms with van der Waals surface area (Å²) in [7, 11) is 0. The molecule has 1 aliphatic carbocycles. The van der Waals surface area contributed by atoms with E-state index in [1.54, 1.807) is 54.3 Å². The Morgan fingerprint density at radius 3 is 1.93 bits per heavy atom. The Hall–Kier alpha value is -5.43. The number of alkyl carbamates (subject to hydrolysis) is 1. The lowest BCUT2D eigenvalue weighted by Crippen LogP contribution is -2.60. The second kappa shape index (κ2) is 20.1. The van der Waals surface area contributed by atoms with Gasteiger partial charge >= 0.3 is 12.2 Å². The minimum Gasteiger partial charge on any atom is -0.465 e. The van der Waals surface area contributed by atoms with Crippen molar-refractivity contribution >= 4 is 41.3 Å². The number of hydrogen-bond acceptors (Lipinski definition) is 7. The molecule has 2 N–H and O–H groups in total. The van der Waals surface area contributed by atoms with Crippen LogP contribution in [0.1, 0.15) is 57.2 Å². The van der Waals surface area contributed by atoms with Gasteiger partial charge in [0.1, 0.15) is 18.7 Å². The zero-order valence-corrected chi connectivity index (χ0v) is 33.7. The first-order valence-electron chi connectivity index (χ1n) is 19.2. The lowest BCUT2D eigenvalue weighted by molar-refractivity contribution is -0.162. The predicted octanol–water partition coefficient (Wildman–Crippen LogP) is 7.79. The molecule has 302 valence electrons. The number of carboxylic acid groups (broad SMARTS) is 1. The van der Waals surface area contributed by atoms with Gasteiger partial charge in [-0.15, -0.1) is 0 Å². The number of nitrogens with one attached hydrogen (secondary N) is 1. The summed E-state index contributed by atoms with van der Waals surface area (Å²) in [6, 6.07) is 28.1. The van der Waals surface area contributed by atoms with Gasteiger partial charge in [-0.1, -0.05) is 96.5 Å². The van der Waals surface area contributed by atoms with Crippen LogP contribution in [-0.4, -0.2) is 96.2 Å². The summed E-state index contributed by atoms with van der Waals surface area (Å²) < 4.78 is 17.1. The first kappa shape index (κ1) is 42.7. The van der Waals surface area contributed by atoms with Crippen molar-refractivity contribution in [2.24, 2.45) is 0 Å². The molecule has 0 aromatic heterocycles. The van der Waals surface area contributed by atoms with E-state index in [0.29, 0.717) is 23.8 Å². The fourth-order valence-electron chi connectivity index (χ4n) is 7.15. The van der Waals surface area contributed by atoms with Crippen LogP contribution in [0.5, 0.6) is 0 Å². The zero-order valence-electron chi connectivity index (χ0n) is 33.0. The third-order valence-electron chi connectivity index (χ3n) is 9.87. The van der Waals surface area contributed by atoms with E-state index in [9.17, 15) is 19.5 Å². The van der Waals surface area contributed by atoms with Gasteiger partial charge in [0.2, 0.25) is 5.91 Å². The number of hydrogen-bond donors (Lipinski definition) is 2. The third-order valence-corrected chi connectivity index (χ3v) is 10.1. The lowest BCUT2D eigenvalue weighted by Gasteiger charge is -2.38. The van der Waals surface area contributed by atoms with E-state index in [1.165, 1.54) is 11.0 Å². The average Bonchev–Trinajstić information content (AvgIpc) is 3.51. The number of carbonyl (C=O) groups excluding carboxylic acids is 3. The molecule has 0 fully saturated rings. The predicted molar refractivity (Wildman–Crippen MR) is 219 cm³/mol. The van der Waals surface area contributed by atoms with E-state index in [0.717, 1.165) is 27.2 Å². The van der Waals surface area contributed by atoms with Crippen molar-refractivity contribution in [3.8, 4) is 11.1 Å². The van der Waals surface area contributed by atoms with Crippen LogP contribution in [0.25, 0.3) is 11.1 Å². The van der Waals surface area contributed by atoms with Gasteiger partial charge in [-0.25, -0.2) is 9.59 Å².